The van der Waals surface area contributed by atoms with Gasteiger partial charge in [-0.2, -0.15) is 5.26 Å². The largest absolute Gasteiger partial charge is 0.495 e. The first kappa shape index (κ1) is 22.8. The molecule has 3 N–H and O–H groups in total. The molecule has 0 saturated carbocycles. The maximum absolute atomic E-state index is 9.41. The van der Waals surface area contributed by atoms with Crippen molar-refractivity contribution in [2.24, 2.45) is 5.73 Å². The van der Waals surface area contributed by atoms with Crippen molar-refractivity contribution in [3.05, 3.63) is 52.8 Å². The van der Waals surface area contributed by atoms with Crippen molar-refractivity contribution in [3.63, 3.8) is 0 Å². The highest BCUT2D eigenvalue weighted by Gasteiger charge is 2.28. The van der Waals surface area contributed by atoms with E-state index in [2.05, 4.69) is 47.3 Å². The van der Waals surface area contributed by atoms with Gasteiger partial charge in [0.2, 0.25) is 0 Å². The summed E-state index contributed by atoms with van der Waals surface area (Å²) in [7, 11) is 1.70. The molecule has 172 valence electrons. The predicted molar refractivity (Wildman–Crippen MR) is 133 cm³/mol. The quantitative estimate of drug-likeness (QED) is 0.592. The van der Waals surface area contributed by atoms with E-state index in [0.717, 1.165) is 65.2 Å². The fourth-order valence-electron chi connectivity index (χ4n) is 4.57. The number of anilines is 2. The summed E-state index contributed by atoms with van der Waals surface area (Å²) in [6.45, 7) is 9.83. The Kier molecular flexibility index (Phi) is 6.13. The number of benzene rings is 2. The molecule has 2 aromatic carbocycles. The summed E-state index contributed by atoms with van der Waals surface area (Å²) in [5.41, 5.74) is 10.8. The van der Waals surface area contributed by atoms with Crippen LogP contribution in [0, 0.1) is 25.2 Å². The Labute approximate surface area is 195 Å². The molecule has 1 atom stereocenters. The van der Waals surface area contributed by atoms with Crippen LogP contribution in [0.15, 0.2) is 30.3 Å². The van der Waals surface area contributed by atoms with Gasteiger partial charge in [0.25, 0.3) is 0 Å². The molecule has 7 nitrogen and oxygen atoms in total. The van der Waals surface area contributed by atoms with Crippen molar-refractivity contribution >= 4 is 22.4 Å². The molecular formula is C26H32N6O. The van der Waals surface area contributed by atoms with Gasteiger partial charge in [-0.1, -0.05) is 12.1 Å². The molecule has 2 heterocycles. The Bertz CT molecular complexity index is 1220. The number of nitriles is 1. The lowest BCUT2D eigenvalue weighted by Gasteiger charge is -2.38. The topological polar surface area (TPSA) is 100 Å². The number of hydrogen-bond acceptors (Lipinski definition) is 7. The predicted octanol–water partition coefficient (Wildman–Crippen LogP) is 4.62. The number of nitrogens with one attached hydrogen (secondary N) is 1. The van der Waals surface area contributed by atoms with Gasteiger partial charge >= 0.3 is 0 Å². The third kappa shape index (κ3) is 4.57. The van der Waals surface area contributed by atoms with Crippen molar-refractivity contribution in [1.82, 2.24) is 9.97 Å². The fraction of sp³-hybridized carbons (Fsp3) is 0.423. The molecule has 0 amide bonds. The number of methoxy groups -OCH3 is 1. The zero-order valence-corrected chi connectivity index (χ0v) is 20.1. The van der Waals surface area contributed by atoms with Crippen LogP contribution in [0.5, 0.6) is 5.75 Å². The molecule has 1 fully saturated rings. The van der Waals surface area contributed by atoms with Crippen molar-refractivity contribution < 1.29 is 4.74 Å². The molecule has 0 bridgehead atoms. The number of nitrogens with two attached hydrogens (primary N) is 1. The van der Waals surface area contributed by atoms with Gasteiger partial charge in [0.1, 0.15) is 17.4 Å². The molecule has 1 aliphatic rings. The summed E-state index contributed by atoms with van der Waals surface area (Å²) in [6, 6.07) is 12.2. The zero-order valence-electron chi connectivity index (χ0n) is 20.1. The highest BCUT2D eigenvalue weighted by Crippen LogP contribution is 2.38. The molecule has 7 heteroatoms. The van der Waals surface area contributed by atoms with E-state index in [1.165, 1.54) is 0 Å². The normalized spacial score (nSPS) is 16.3. The summed E-state index contributed by atoms with van der Waals surface area (Å²) in [5, 5.41) is 13.9. The van der Waals surface area contributed by atoms with Crippen LogP contribution in [-0.2, 0) is 0 Å². The second-order valence-electron chi connectivity index (χ2n) is 9.30. The van der Waals surface area contributed by atoms with Crippen molar-refractivity contribution in [2.75, 3.05) is 30.4 Å². The van der Waals surface area contributed by atoms with Crippen LogP contribution in [0.4, 0.5) is 11.5 Å². The molecule has 1 aliphatic heterocycles. The highest BCUT2D eigenvalue weighted by molar-refractivity contribution is 5.94. The summed E-state index contributed by atoms with van der Waals surface area (Å²) < 4.78 is 5.75. The highest BCUT2D eigenvalue weighted by atomic mass is 16.5. The second-order valence-corrected chi connectivity index (χ2v) is 9.30. The van der Waals surface area contributed by atoms with E-state index in [-0.39, 0.29) is 11.6 Å². The van der Waals surface area contributed by atoms with Crippen molar-refractivity contribution in [3.8, 4) is 11.8 Å². The standard InChI is InChI=1S/C26H32N6O/c1-16-19(15-27)7-6-8-20(16)17(2)29-25-21-13-23(32-11-9-26(4,28)10-12-32)24(33-5)14-22(21)30-18(3)31-25/h6-8,13-14,17H,9-12,28H2,1-5H3,(H,29,30,31)/t17-/m1/s1. The van der Waals surface area contributed by atoms with Crippen LogP contribution >= 0.6 is 0 Å². The van der Waals surface area contributed by atoms with Crippen LogP contribution in [0.2, 0.25) is 0 Å². The first-order valence-electron chi connectivity index (χ1n) is 11.4. The fourth-order valence-corrected chi connectivity index (χ4v) is 4.57. The molecule has 3 aromatic rings. The minimum atomic E-state index is -0.126. The zero-order chi connectivity index (χ0) is 23.8. The number of fused-ring (bicyclic) bond motifs is 1. The van der Waals surface area contributed by atoms with Gasteiger partial charge in [0, 0.05) is 30.1 Å². The number of aryl methyl sites for hydroxylation is 1. The molecule has 33 heavy (non-hydrogen) atoms. The number of ether oxygens (including phenoxy) is 1. The van der Waals surface area contributed by atoms with Crippen LogP contribution < -0.4 is 20.7 Å². The third-order valence-corrected chi connectivity index (χ3v) is 6.67. The lowest BCUT2D eigenvalue weighted by atomic mass is 9.90. The molecule has 0 radical (unpaired) electrons. The second kappa shape index (κ2) is 8.87. The smallest absolute Gasteiger partial charge is 0.144 e. The summed E-state index contributed by atoms with van der Waals surface area (Å²) in [5.74, 6) is 2.26. The average molecular weight is 445 g/mol. The van der Waals surface area contributed by atoms with E-state index in [0.29, 0.717) is 11.4 Å². The SMILES string of the molecule is COc1cc2nc(C)nc(N[C@H](C)c3cccc(C#N)c3C)c2cc1N1CCC(C)(N)CC1. The van der Waals surface area contributed by atoms with E-state index < -0.39 is 0 Å². The Morgan fingerprint density at radius 3 is 2.61 bits per heavy atom. The van der Waals surface area contributed by atoms with Crippen LogP contribution in [0.1, 0.15) is 55.2 Å². The van der Waals surface area contributed by atoms with Gasteiger partial charge in [0.05, 0.1) is 36.0 Å². The van der Waals surface area contributed by atoms with E-state index in [9.17, 15) is 5.26 Å². The molecular weight excluding hydrogens is 412 g/mol. The van der Waals surface area contributed by atoms with Gasteiger partial charge in [-0.15, -0.1) is 0 Å². The van der Waals surface area contributed by atoms with Gasteiger partial charge < -0.3 is 20.7 Å². The lowest BCUT2D eigenvalue weighted by Crippen LogP contribution is -2.48. The maximum Gasteiger partial charge on any atom is 0.144 e. The van der Waals surface area contributed by atoms with Crippen molar-refractivity contribution in [1.29, 1.82) is 5.26 Å². The maximum atomic E-state index is 9.41. The minimum absolute atomic E-state index is 0.0331. The first-order chi connectivity index (χ1) is 15.7. The van der Waals surface area contributed by atoms with E-state index >= 15 is 0 Å². The van der Waals surface area contributed by atoms with Crippen LogP contribution in [0.3, 0.4) is 0 Å². The molecule has 1 saturated heterocycles. The number of rotatable bonds is 5. The van der Waals surface area contributed by atoms with Crippen LogP contribution in [-0.4, -0.2) is 35.7 Å². The Morgan fingerprint density at radius 1 is 1.21 bits per heavy atom. The van der Waals surface area contributed by atoms with E-state index in [4.69, 9.17) is 15.5 Å². The van der Waals surface area contributed by atoms with Crippen molar-refractivity contribution in [2.45, 2.75) is 52.1 Å². The monoisotopic (exact) mass is 444 g/mol. The summed E-state index contributed by atoms with van der Waals surface area (Å²) in [6.07, 6.45) is 1.85. The Hall–Kier alpha value is -3.37. The van der Waals surface area contributed by atoms with Gasteiger partial charge in [-0.05, 0) is 63.8 Å². The number of piperidine rings is 1. The first-order valence-corrected chi connectivity index (χ1v) is 11.4. The molecule has 0 unspecified atom stereocenters. The Morgan fingerprint density at radius 2 is 1.94 bits per heavy atom. The van der Waals surface area contributed by atoms with Gasteiger partial charge in [0.15, 0.2) is 0 Å². The molecule has 0 spiro atoms. The Balaban J connectivity index is 1.75. The summed E-state index contributed by atoms with van der Waals surface area (Å²) >= 11 is 0. The molecule has 1 aromatic heterocycles. The van der Waals surface area contributed by atoms with E-state index in [1.54, 1.807) is 7.11 Å². The van der Waals surface area contributed by atoms with Gasteiger partial charge in [-0.25, -0.2) is 9.97 Å². The molecule has 4 rings (SSSR count). The molecule has 0 aliphatic carbocycles. The third-order valence-electron chi connectivity index (χ3n) is 6.67. The van der Waals surface area contributed by atoms with E-state index in [1.807, 2.05) is 32.0 Å². The number of nitrogens with zero attached hydrogens (tertiary/aromatic N) is 4. The lowest BCUT2D eigenvalue weighted by molar-refractivity contribution is 0.359. The average Bonchev–Trinajstić information content (AvgIpc) is 2.78. The minimum Gasteiger partial charge on any atom is -0.495 e. The number of hydrogen-bond donors (Lipinski definition) is 2. The van der Waals surface area contributed by atoms with Gasteiger partial charge in [-0.3, -0.25) is 0 Å². The summed E-state index contributed by atoms with van der Waals surface area (Å²) in [4.78, 5) is 11.7. The number of aromatic nitrogens is 2. The van der Waals surface area contributed by atoms with Crippen LogP contribution in [0.25, 0.3) is 10.9 Å².